The second kappa shape index (κ2) is 15.2. The van der Waals surface area contributed by atoms with Crippen LogP contribution in [-0.2, 0) is 0 Å². The fourth-order valence-electron chi connectivity index (χ4n) is 9.61. The predicted octanol–water partition coefficient (Wildman–Crippen LogP) is 10.7. The molecule has 11 rings (SSSR count). The van der Waals surface area contributed by atoms with Crippen LogP contribution >= 0.6 is 12.4 Å². The number of aromatic nitrogens is 4. The molecule has 0 radical (unpaired) electrons. The van der Waals surface area contributed by atoms with Crippen molar-refractivity contribution in [3.05, 3.63) is 166 Å². The van der Waals surface area contributed by atoms with Crippen molar-refractivity contribution in [3.8, 4) is 0 Å². The van der Waals surface area contributed by atoms with Gasteiger partial charge in [0.2, 0.25) is 0 Å². The molecule has 6 aliphatic heterocycles. The summed E-state index contributed by atoms with van der Waals surface area (Å²) in [4.78, 5) is 28.2. The number of nitrogens with zero attached hydrogens (tertiary/aromatic N) is 6. The fraction of sp³-hybridized carbons (Fsp3) is 0.154. The molecule has 2 aromatic carbocycles. The lowest BCUT2D eigenvalue weighted by Crippen LogP contribution is -2.23. The summed E-state index contributed by atoms with van der Waals surface area (Å²) in [7, 11) is 8.60. The zero-order valence-electron chi connectivity index (χ0n) is 34.8. The lowest BCUT2D eigenvalue weighted by molar-refractivity contribution is 0.512. The highest BCUT2D eigenvalue weighted by Gasteiger charge is 2.25. The van der Waals surface area contributed by atoms with Gasteiger partial charge in [-0.25, -0.2) is 9.97 Å². The number of allylic oxidation sites excluding steroid dienone is 4. The van der Waals surface area contributed by atoms with Crippen LogP contribution in [0.4, 0.5) is 11.4 Å². The highest BCUT2D eigenvalue weighted by Crippen LogP contribution is 2.40. The van der Waals surface area contributed by atoms with Crippen molar-refractivity contribution in [2.24, 2.45) is 0 Å². The number of rotatable bonds is 4. The summed E-state index contributed by atoms with van der Waals surface area (Å²) in [6.07, 6.45) is 26.5. The van der Waals surface area contributed by atoms with E-state index in [1.165, 1.54) is 44.8 Å². The smallest absolute Gasteiger partial charge is 0.0734 e. The highest BCUT2D eigenvalue weighted by molar-refractivity contribution is 6.03. The number of hydrogen-bond acceptors (Lipinski definition) is 6. The summed E-state index contributed by atoms with van der Waals surface area (Å²) in [5, 5.41) is 0. The number of benzene rings is 2. The summed E-state index contributed by atoms with van der Waals surface area (Å²) in [6, 6.07) is 26.2. The van der Waals surface area contributed by atoms with E-state index in [1.807, 2.05) is 0 Å². The van der Waals surface area contributed by atoms with Crippen LogP contribution in [-0.4, -0.2) is 84.1 Å². The minimum Gasteiger partial charge on any atom is -0.376 e. The quantitative estimate of drug-likeness (QED) is 0.184. The highest BCUT2D eigenvalue weighted by atomic mass is 35.5. The topological polar surface area (TPSA) is 70.3 Å². The molecule has 0 saturated carbocycles. The molecule has 0 saturated heterocycles. The molecule has 3 aromatic heterocycles. The van der Waals surface area contributed by atoms with Crippen LogP contribution in [0.15, 0.2) is 110 Å². The summed E-state index contributed by atoms with van der Waals surface area (Å²) >= 11 is 0. The van der Waals surface area contributed by atoms with Gasteiger partial charge in [0, 0.05) is 110 Å². The van der Waals surface area contributed by atoms with Gasteiger partial charge < -0.3 is 29.6 Å². The molecule has 8 bridgehead atoms. The lowest BCUT2D eigenvalue weighted by atomic mass is 9.96. The van der Waals surface area contributed by atoms with Gasteiger partial charge in [0.1, 0.15) is 0 Å². The van der Waals surface area contributed by atoms with Crippen LogP contribution in [0, 0.1) is 0 Å². The number of anilines is 2. The molecule has 0 fully saturated rings. The van der Waals surface area contributed by atoms with Crippen molar-refractivity contribution in [2.45, 2.75) is 0 Å². The molecule has 8 nitrogen and oxygen atoms in total. The maximum atomic E-state index is 5.62. The minimum atomic E-state index is 0. The molecule has 0 spiro atoms. The van der Waals surface area contributed by atoms with Gasteiger partial charge in [-0.2, -0.15) is 0 Å². The van der Waals surface area contributed by atoms with Crippen molar-refractivity contribution in [3.63, 3.8) is 0 Å². The molecule has 0 unspecified atom stereocenters. The maximum Gasteiger partial charge on any atom is 0.0734 e. The van der Waals surface area contributed by atoms with Gasteiger partial charge in [0.05, 0.1) is 22.8 Å². The summed E-state index contributed by atoms with van der Waals surface area (Å²) in [5.74, 6) is 0. The zero-order chi connectivity index (χ0) is 40.5. The van der Waals surface area contributed by atoms with E-state index in [0.29, 0.717) is 0 Å². The van der Waals surface area contributed by atoms with E-state index in [-0.39, 0.29) is 12.4 Å². The van der Waals surface area contributed by atoms with Crippen molar-refractivity contribution in [1.29, 1.82) is 0 Å². The largest absolute Gasteiger partial charge is 0.376 e. The molecule has 0 amide bonds. The first-order valence-corrected chi connectivity index (χ1v) is 20.7. The number of aromatic amines is 2. The van der Waals surface area contributed by atoms with E-state index in [1.54, 1.807) is 0 Å². The number of nitrogens with one attached hydrogen (secondary N) is 2. The average molecular weight is 819 g/mol. The molecule has 302 valence electrons. The van der Waals surface area contributed by atoms with Crippen molar-refractivity contribution in [1.82, 2.24) is 29.7 Å². The molecule has 2 N–H and O–H groups in total. The Balaban J connectivity index is 0.00000445. The van der Waals surface area contributed by atoms with Crippen LogP contribution in [0.2, 0.25) is 0 Å². The summed E-state index contributed by atoms with van der Waals surface area (Å²) in [6.45, 7) is 3.03. The van der Waals surface area contributed by atoms with E-state index in [4.69, 9.17) is 9.97 Å². The van der Waals surface area contributed by atoms with Gasteiger partial charge in [-0.3, -0.25) is 0 Å². The van der Waals surface area contributed by atoms with Crippen LogP contribution < -0.4 is 9.80 Å². The van der Waals surface area contributed by atoms with E-state index in [0.717, 1.165) is 93.3 Å². The molecule has 6 aliphatic rings. The van der Waals surface area contributed by atoms with E-state index >= 15 is 0 Å². The Morgan fingerprint density at radius 1 is 0.443 bits per heavy atom. The van der Waals surface area contributed by atoms with E-state index < -0.39 is 0 Å². The molecule has 61 heavy (non-hydrogen) atoms. The Morgan fingerprint density at radius 3 is 1.18 bits per heavy atom. The summed E-state index contributed by atoms with van der Waals surface area (Å²) in [5.41, 5.74) is 21.9. The fourth-order valence-corrected chi connectivity index (χ4v) is 9.61. The normalized spacial score (nSPS) is 16.5. The Bertz CT molecular complexity index is 2870. The first-order valence-electron chi connectivity index (χ1n) is 20.7. The molecule has 0 atom stereocenters. The standard InChI is InChI=1S/C52H46N8.ClH/c1-57-25-9-13-35(29-57)49-39-17-18-40(53-39)50(36-14-10-26-58(2)30-36)42-20-22-44(55-42)52(38-28-34-12-6-8-16-48(34)60(4)32-38)46-24-23-45(56-46)51(43-21-19-41(49)54-43)37-27-33-11-5-7-15-47(33)59(3)31-37;/h5-28,54-55H,29-32H2,1-4H3;1H. The van der Waals surface area contributed by atoms with Crippen LogP contribution in [0.1, 0.15) is 56.2 Å². The minimum absolute atomic E-state index is 0. The van der Waals surface area contributed by atoms with Gasteiger partial charge in [-0.05, 0) is 131 Å². The third kappa shape index (κ3) is 6.73. The lowest BCUT2D eigenvalue weighted by Gasteiger charge is -2.28. The van der Waals surface area contributed by atoms with Crippen LogP contribution in [0.5, 0.6) is 0 Å². The Morgan fingerprint density at radius 2 is 0.803 bits per heavy atom. The summed E-state index contributed by atoms with van der Waals surface area (Å²) < 4.78 is 0. The van der Waals surface area contributed by atoms with Gasteiger partial charge in [-0.1, -0.05) is 48.6 Å². The number of hydrogen-bond donors (Lipinski definition) is 2. The van der Waals surface area contributed by atoms with E-state index in [2.05, 4.69) is 204 Å². The molecule has 5 aromatic rings. The van der Waals surface area contributed by atoms with Crippen LogP contribution in [0.3, 0.4) is 0 Å². The second-order valence-corrected chi connectivity index (χ2v) is 16.6. The Labute approximate surface area is 362 Å². The van der Waals surface area contributed by atoms with Crippen molar-refractivity contribution < 1.29 is 0 Å². The maximum absolute atomic E-state index is 5.62. The van der Waals surface area contributed by atoms with Gasteiger partial charge in [0.25, 0.3) is 0 Å². The number of halogens is 1. The number of fused-ring (bicyclic) bond motifs is 10. The predicted molar refractivity (Wildman–Crippen MR) is 261 cm³/mol. The molecular formula is C52H47ClN8. The molecule has 9 heterocycles. The van der Waals surface area contributed by atoms with Gasteiger partial charge >= 0.3 is 0 Å². The first kappa shape index (κ1) is 38.2. The number of likely N-dealkylation sites (N-methyl/N-ethyl adjacent to an activating group) is 4. The first-order chi connectivity index (χ1) is 29.3. The third-order valence-corrected chi connectivity index (χ3v) is 12.3. The Hall–Kier alpha value is -7.03. The monoisotopic (exact) mass is 818 g/mol. The van der Waals surface area contributed by atoms with Crippen molar-refractivity contribution in [2.75, 3.05) is 64.2 Å². The molecule has 9 heteroatoms. The van der Waals surface area contributed by atoms with Gasteiger partial charge in [0.15, 0.2) is 0 Å². The number of para-hydroxylation sites is 2. The zero-order valence-corrected chi connectivity index (χ0v) is 35.6. The number of H-pyrrole nitrogens is 2. The SMILES string of the molecule is CN1C=CC=C(c2c3nc(c(C4=CC=CN(C)C4)c4ccc([nH]4)c(C4=Cc5ccccc5N(C)C4)c4nc(c(C5=Cc6ccccc6N(C)C5)c5ccc2[nH]5)C=C4)C=C3)C1.Cl. The molecule has 0 aliphatic carbocycles. The second-order valence-electron chi connectivity index (χ2n) is 16.6. The van der Waals surface area contributed by atoms with Crippen LogP contribution in [0.25, 0.3) is 80.8 Å². The third-order valence-electron chi connectivity index (χ3n) is 12.3. The van der Waals surface area contributed by atoms with E-state index in [9.17, 15) is 0 Å². The average Bonchev–Trinajstić information content (AvgIpc) is 4.09. The Kier molecular flexibility index (Phi) is 9.53. The molecular weight excluding hydrogens is 772 g/mol. The van der Waals surface area contributed by atoms with Gasteiger partial charge in [-0.15, -0.1) is 12.4 Å². The van der Waals surface area contributed by atoms with Crippen molar-refractivity contribution >= 4 is 105 Å².